The normalized spacial score (nSPS) is 20.6. The number of hydrogen-bond acceptors (Lipinski definition) is 3. The molecule has 1 aliphatic carbocycles. The van der Waals surface area contributed by atoms with Crippen LogP contribution < -0.4 is 0 Å². The van der Waals surface area contributed by atoms with Gasteiger partial charge >= 0.3 is 0 Å². The smallest absolute Gasteiger partial charge is 0.272 e. The monoisotopic (exact) mass is 259 g/mol. The van der Waals surface area contributed by atoms with Crippen molar-refractivity contribution in [1.82, 2.24) is 14.9 Å². The fourth-order valence-corrected chi connectivity index (χ4v) is 3.03. The molecule has 1 aromatic heterocycles. The van der Waals surface area contributed by atoms with E-state index in [0.29, 0.717) is 17.5 Å². The lowest BCUT2D eigenvalue weighted by atomic mass is 9.97. The lowest BCUT2D eigenvalue weighted by molar-refractivity contribution is 0.0488. The average Bonchev–Trinajstić information content (AvgIpc) is 2.91. The Bertz CT molecular complexity index is 462. The molecule has 0 bridgehead atoms. The summed E-state index contributed by atoms with van der Waals surface area (Å²) in [7, 11) is 0. The minimum atomic E-state index is 0.0753. The van der Waals surface area contributed by atoms with Crippen molar-refractivity contribution in [2.75, 3.05) is 13.1 Å². The maximum atomic E-state index is 12.3. The van der Waals surface area contributed by atoms with E-state index in [1.165, 1.54) is 25.7 Å². The van der Waals surface area contributed by atoms with Gasteiger partial charge < -0.3 is 4.90 Å². The molecule has 1 amide bonds. The van der Waals surface area contributed by atoms with E-state index in [9.17, 15) is 4.79 Å². The molecule has 1 saturated carbocycles. The molecule has 4 heteroatoms. The van der Waals surface area contributed by atoms with Crippen molar-refractivity contribution in [2.24, 2.45) is 5.92 Å². The SMILES string of the molecule is CCC1CN(C(=O)c2ccnc(C3CCCC3)n2)C1. The highest BCUT2D eigenvalue weighted by Crippen LogP contribution is 2.32. The van der Waals surface area contributed by atoms with E-state index in [1.807, 2.05) is 4.90 Å². The first-order valence-corrected chi connectivity index (χ1v) is 7.40. The molecular weight excluding hydrogens is 238 g/mol. The molecule has 0 radical (unpaired) electrons. The molecule has 0 N–H and O–H groups in total. The molecule has 3 rings (SSSR count). The van der Waals surface area contributed by atoms with Crippen molar-refractivity contribution in [2.45, 2.75) is 44.9 Å². The Morgan fingerprint density at radius 2 is 2.11 bits per heavy atom. The van der Waals surface area contributed by atoms with E-state index in [0.717, 1.165) is 25.3 Å². The molecule has 2 aliphatic rings. The van der Waals surface area contributed by atoms with Crippen LogP contribution in [-0.4, -0.2) is 33.9 Å². The van der Waals surface area contributed by atoms with E-state index in [-0.39, 0.29) is 5.91 Å². The molecule has 2 heterocycles. The lowest BCUT2D eigenvalue weighted by Crippen LogP contribution is -2.49. The number of carbonyl (C=O) groups is 1. The van der Waals surface area contributed by atoms with E-state index in [4.69, 9.17) is 0 Å². The molecule has 4 nitrogen and oxygen atoms in total. The Morgan fingerprint density at radius 3 is 2.79 bits per heavy atom. The van der Waals surface area contributed by atoms with Crippen LogP contribution in [0.3, 0.4) is 0 Å². The third-order valence-electron chi connectivity index (χ3n) is 4.44. The fraction of sp³-hybridized carbons (Fsp3) is 0.667. The van der Waals surface area contributed by atoms with Crippen molar-refractivity contribution < 1.29 is 4.79 Å². The number of rotatable bonds is 3. The molecule has 1 aliphatic heterocycles. The molecule has 102 valence electrons. The first-order valence-electron chi connectivity index (χ1n) is 7.40. The van der Waals surface area contributed by atoms with Gasteiger partial charge in [0.05, 0.1) is 0 Å². The van der Waals surface area contributed by atoms with Gasteiger partial charge in [-0.25, -0.2) is 9.97 Å². The summed E-state index contributed by atoms with van der Waals surface area (Å²) in [5.74, 6) is 2.09. The first-order chi connectivity index (χ1) is 9.28. The van der Waals surface area contributed by atoms with Crippen LogP contribution in [0.25, 0.3) is 0 Å². The molecule has 1 aromatic rings. The first kappa shape index (κ1) is 12.6. The highest BCUT2D eigenvalue weighted by atomic mass is 16.2. The van der Waals surface area contributed by atoms with Crippen molar-refractivity contribution in [3.8, 4) is 0 Å². The Morgan fingerprint density at radius 1 is 1.37 bits per heavy atom. The maximum absolute atomic E-state index is 12.3. The Balaban J connectivity index is 1.70. The minimum absolute atomic E-state index is 0.0753. The minimum Gasteiger partial charge on any atom is -0.337 e. The molecule has 0 aromatic carbocycles. The second-order valence-electron chi connectivity index (χ2n) is 5.77. The summed E-state index contributed by atoms with van der Waals surface area (Å²) in [4.78, 5) is 23.1. The van der Waals surface area contributed by atoms with Crippen LogP contribution in [0.5, 0.6) is 0 Å². The van der Waals surface area contributed by atoms with Crippen LogP contribution in [0.1, 0.15) is 61.3 Å². The van der Waals surface area contributed by atoms with Gasteiger partial charge in [-0.05, 0) is 31.2 Å². The summed E-state index contributed by atoms with van der Waals surface area (Å²) < 4.78 is 0. The van der Waals surface area contributed by atoms with Crippen LogP contribution in [0.15, 0.2) is 12.3 Å². The summed E-state index contributed by atoms with van der Waals surface area (Å²) >= 11 is 0. The number of hydrogen-bond donors (Lipinski definition) is 0. The number of nitrogens with zero attached hydrogens (tertiary/aromatic N) is 3. The molecule has 19 heavy (non-hydrogen) atoms. The standard InChI is InChI=1S/C15H21N3O/c1-2-11-9-18(10-11)15(19)13-7-8-16-14(17-13)12-5-3-4-6-12/h7-8,11-12H,2-6,9-10H2,1H3. The zero-order chi connectivity index (χ0) is 13.2. The van der Waals surface area contributed by atoms with Gasteiger partial charge in [0, 0.05) is 25.2 Å². The number of likely N-dealkylation sites (tertiary alicyclic amines) is 1. The second kappa shape index (κ2) is 5.27. The number of carbonyl (C=O) groups excluding carboxylic acids is 1. The van der Waals surface area contributed by atoms with Gasteiger partial charge in [0.15, 0.2) is 0 Å². The largest absolute Gasteiger partial charge is 0.337 e. The molecular formula is C15H21N3O. The predicted molar refractivity (Wildman–Crippen MR) is 72.9 cm³/mol. The van der Waals surface area contributed by atoms with Crippen LogP contribution in [0.4, 0.5) is 0 Å². The van der Waals surface area contributed by atoms with Crippen LogP contribution in [0.2, 0.25) is 0 Å². The van der Waals surface area contributed by atoms with Gasteiger partial charge in [0.1, 0.15) is 11.5 Å². The van der Waals surface area contributed by atoms with Crippen molar-refractivity contribution in [3.05, 3.63) is 23.8 Å². The maximum Gasteiger partial charge on any atom is 0.272 e. The number of amides is 1. The number of aromatic nitrogens is 2. The van der Waals surface area contributed by atoms with Crippen molar-refractivity contribution >= 4 is 5.91 Å². The van der Waals surface area contributed by atoms with Crippen LogP contribution in [0, 0.1) is 5.92 Å². The Kier molecular flexibility index (Phi) is 3.49. The summed E-state index contributed by atoms with van der Waals surface area (Å²) in [6.45, 7) is 3.95. The van der Waals surface area contributed by atoms with E-state index < -0.39 is 0 Å². The zero-order valence-corrected chi connectivity index (χ0v) is 11.5. The van der Waals surface area contributed by atoms with Gasteiger partial charge in [-0.15, -0.1) is 0 Å². The van der Waals surface area contributed by atoms with Crippen LogP contribution in [-0.2, 0) is 0 Å². The predicted octanol–water partition coefficient (Wildman–Crippen LogP) is 2.62. The van der Waals surface area contributed by atoms with Gasteiger partial charge in [-0.2, -0.15) is 0 Å². The summed E-state index contributed by atoms with van der Waals surface area (Å²) in [5, 5.41) is 0. The van der Waals surface area contributed by atoms with Gasteiger partial charge in [-0.1, -0.05) is 19.8 Å². The highest BCUT2D eigenvalue weighted by molar-refractivity contribution is 5.92. The summed E-state index contributed by atoms with van der Waals surface area (Å²) in [5.41, 5.74) is 0.575. The zero-order valence-electron chi connectivity index (χ0n) is 11.5. The van der Waals surface area contributed by atoms with E-state index in [1.54, 1.807) is 12.3 Å². The van der Waals surface area contributed by atoms with Crippen molar-refractivity contribution in [3.63, 3.8) is 0 Å². The van der Waals surface area contributed by atoms with Crippen LogP contribution >= 0.6 is 0 Å². The molecule has 0 unspecified atom stereocenters. The van der Waals surface area contributed by atoms with Gasteiger partial charge in [0.25, 0.3) is 5.91 Å². The van der Waals surface area contributed by atoms with Crippen molar-refractivity contribution in [1.29, 1.82) is 0 Å². The molecule has 0 atom stereocenters. The fourth-order valence-electron chi connectivity index (χ4n) is 3.03. The average molecular weight is 259 g/mol. The van der Waals surface area contributed by atoms with E-state index >= 15 is 0 Å². The Labute approximate surface area is 114 Å². The van der Waals surface area contributed by atoms with Gasteiger partial charge in [0.2, 0.25) is 0 Å². The summed E-state index contributed by atoms with van der Waals surface area (Å²) in [6.07, 6.45) is 7.75. The quantitative estimate of drug-likeness (QED) is 0.838. The summed E-state index contributed by atoms with van der Waals surface area (Å²) in [6, 6.07) is 1.75. The topological polar surface area (TPSA) is 46.1 Å². The third-order valence-corrected chi connectivity index (χ3v) is 4.44. The van der Waals surface area contributed by atoms with E-state index in [2.05, 4.69) is 16.9 Å². The second-order valence-corrected chi connectivity index (χ2v) is 5.77. The third kappa shape index (κ3) is 2.48. The Hall–Kier alpha value is -1.45. The molecule has 0 spiro atoms. The molecule has 1 saturated heterocycles. The highest BCUT2D eigenvalue weighted by Gasteiger charge is 2.31. The lowest BCUT2D eigenvalue weighted by Gasteiger charge is -2.38. The van der Waals surface area contributed by atoms with Gasteiger partial charge in [-0.3, -0.25) is 4.79 Å². The molecule has 2 fully saturated rings.